The first-order chi connectivity index (χ1) is 9.37. The molecule has 2 rings (SSSR count). The third-order valence-corrected chi connectivity index (χ3v) is 4.85. The minimum Gasteiger partial charge on any atom is -0.427 e. The summed E-state index contributed by atoms with van der Waals surface area (Å²) in [6, 6.07) is 12.2. The zero-order valence-corrected chi connectivity index (χ0v) is 14.4. The van der Waals surface area contributed by atoms with Crippen molar-refractivity contribution in [2.24, 2.45) is 0 Å². The molecular weight excluding hydrogens is 384 g/mol. The van der Waals surface area contributed by atoms with Gasteiger partial charge < -0.3 is 9.61 Å². The van der Waals surface area contributed by atoms with Crippen molar-refractivity contribution < 1.29 is 9.09 Å². The van der Waals surface area contributed by atoms with E-state index in [1.807, 2.05) is 12.1 Å². The molecule has 0 amide bonds. The van der Waals surface area contributed by atoms with E-state index in [9.17, 15) is 4.57 Å². The second-order valence-corrected chi connectivity index (χ2v) is 7.91. The largest absolute Gasteiger partial charge is 0.427 e. The zero-order chi connectivity index (χ0) is 14.8. The summed E-state index contributed by atoms with van der Waals surface area (Å²) in [5, 5.41) is 3.45. The molecule has 0 fully saturated rings. The molecule has 0 saturated heterocycles. The monoisotopic (exact) mass is 393 g/mol. The lowest BCUT2D eigenvalue weighted by Crippen LogP contribution is -2.02. The van der Waals surface area contributed by atoms with Gasteiger partial charge in [0, 0.05) is 16.8 Å². The first-order valence-electron chi connectivity index (χ1n) is 5.62. The molecule has 1 atom stereocenters. The van der Waals surface area contributed by atoms with Crippen molar-refractivity contribution in [1.29, 1.82) is 0 Å². The summed E-state index contributed by atoms with van der Waals surface area (Å²) in [4.78, 5) is 0. The minimum atomic E-state index is -3.12. The molecule has 0 aliphatic heterocycles. The number of hydrogen-bond donors (Lipinski definition) is 1. The molecule has 0 saturated carbocycles. The van der Waals surface area contributed by atoms with E-state index in [2.05, 4.69) is 21.0 Å². The topological polar surface area (TPSA) is 38.3 Å². The minimum absolute atomic E-state index is 0.243. The molecule has 0 unspecified atom stereocenters. The third kappa shape index (κ3) is 4.16. The van der Waals surface area contributed by atoms with Crippen molar-refractivity contribution >= 4 is 52.3 Å². The van der Waals surface area contributed by atoms with Crippen LogP contribution < -0.4 is 9.61 Å². The highest BCUT2D eigenvalue weighted by molar-refractivity contribution is 9.10. The van der Waals surface area contributed by atoms with Crippen LogP contribution in [0.25, 0.3) is 0 Å². The molecule has 0 aliphatic carbocycles. The molecule has 0 aliphatic rings. The van der Waals surface area contributed by atoms with E-state index in [0.717, 1.165) is 4.47 Å². The Kier molecular flexibility index (Phi) is 5.03. The van der Waals surface area contributed by atoms with Crippen LogP contribution in [0.15, 0.2) is 46.9 Å². The van der Waals surface area contributed by atoms with Crippen molar-refractivity contribution in [3.63, 3.8) is 0 Å². The van der Waals surface area contributed by atoms with Crippen molar-refractivity contribution in [3.05, 3.63) is 57.0 Å². The summed E-state index contributed by atoms with van der Waals surface area (Å²) in [5.41, 5.74) is 0.684. The van der Waals surface area contributed by atoms with E-state index in [0.29, 0.717) is 10.7 Å². The van der Waals surface area contributed by atoms with Crippen LogP contribution in [0.3, 0.4) is 0 Å². The Morgan fingerprint density at radius 3 is 2.60 bits per heavy atom. The maximum absolute atomic E-state index is 12.5. The van der Waals surface area contributed by atoms with Gasteiger partial charge in [0.2, 0.25) is 0 Å². The Hall–Kier alpha value is -0.670. The number of rotatable bonds is 4. The standard InChI is InChI=1S/C13H11BrCl2NO2P/c1-20(18,17-10-5-2-4-9(14)8-10)19-12-7-3-6-11(15)13(12)16/h2-8H,1H3,(H,17,18)/t20-/m0/s1. The first-order valence-corrected chi connectivity index (χ1v) is 9.24. The third-order valence-electron chi connectivity index (χ3n) is 2.35. The Balaban J connectivity index is 2.19. The number of nitrogens with one attached hydrogen (secondary N) is 1. The normalized spacial score (nSPS) is 13.6. The van der Waals surface area contributed by atoms with Crippen molar-refractivity contribution in [3.8, 4) is 5.75 Å². The summed E-state index contributed by atoms with van der Waals surface area (Å²) in [7, 11) is -3.12. The van der Waals surface area contributed by atoms with Gasteiger partial charge in [-0.05, 0) is 30.3 Å². The van der Waals surface area contributed by atoms with Crippen LogP contribution in [0, 0.1) is 0 Å². The molecule has 0 bridgehead atoms. The number of hydrogen-bond acceptors (Lipinski definition) is 2. The average Bonchev–Trinajstić information content (AvgIpc) is 2.34. The molecule has 1 N–H and O–H groups in total. The Bertz CT molecular complexity index is 681. The zero-order valence-electron chi connectivity index (χ0n) is 10.4. The molecule has 0 aromatic heterocycles. The number of halogens is 3. The van der Waals surface area contributed by atoms with E-state index in [1.54, 1.807) is 30.3 Å². The fraction of sp³-hybridized carbons (Fsp3) is 0.0769. The van der Waals surface area contributed by atoms with Crippen LogP contribution in [-0.2, 0) is 4.57 Å². The Labute approximate surface area is 135 Å². The smallest absolute Gasteiger partial charge is 0.338 e. The first kappa shape index (κ1) is 15.7. The van der Waals surface area contributed by atoms with Gasteiger partial charge in [-0.15, -0.1) is 0 Å². The van der Waals surface area contributed by atoms with Gasteiger partial charge in [-0.25, -0.2) is 0 Å². The predicted molar refractivity (Wildman–Crippen MR) is 88.4 cm³/mol. The number of benzene rings is 2. The summed E-state index contributed by atoms with van der Waals surface area (Å²) >= 11 is 15.3. The number of anilines is 1. The van der Waals surface area contributed by atoms with Gasteiger partial charge in [0.25, 0.3) is 0 Å². The van der Waals surface area contributed by atoms with Gasteiger partial charge in [0.15, 0.2) is 0 Å². The van der Waals surface area contributed by atoms with Crippen LogP contribution in [-0.4, -0.2) is 6.66 Å². The molecular formula is C13H11BrCl2NO2P. The average molecular weight is 395 g/mol. The van der Waals surface area contributed by atoms with Gasteiger partial charge in [0.05, 0.1) is 5.02 Å². The summed E-state index contributed by atoms with van der Waals surface area (Å²) in [6.07, 6.45) is 0. The molecule has 0 radical (unpaired) electrons. The van der Waals surface area contributed by atoms with E-state index in [-0.39, 0.29) is 10.8 Å². The summed E-state index contributed by atoms with van der Waals surface area (Å²) < 4.78 is 18.8. The summed E-state index contributed by atoms with van der Waals surface area (Å²) in [5.74, 6) is 0.285. The SMILES string of the molecule is C[P@@](=O)(Nc1cccc(Br)c1)Oc1cccc(Cl)c1Cl. The lowest BCUT2D eigenvalue weighted by Gasteiger charge is -2.18. The fourth-order valence-corrected chi connectivity index (χ4v) is 3.52. The van der Waals surface area contributed by atoms with Crippen molar-refractivity contribution in [2.45, 2.75) is 0 Å². The quantitative estimate of drug-likeness (QED) is 0.639. The van der Waals surface area contributed by atoms with Crippen LogP contribution >= 0.6 is 46.7 Å². The van der Waals surface area contributed by atoms with Gasteiger partial charge >= 0.3 is 7.52 Å². The second-order valence-electron chi connectivity index (χ2n) is 4.11. The molecule has 0 spiro atoms. The molecule has 2 aromatic rings. The van der Waals surface area contributed by atoms with E-state index in [4.69, 9.17) is 27.7 Å². The highest BCUT2D eigenvalue weighted by atomic mass is 79.9. The van der Waals surface area contributed by atoms with Crippen molar-refractivity contribution in [2.75, 3.05) is 11.8 Å². The van der Waals surface area contributed by atoms with Crippen LogP contribution in [0.2, 0.25) is 10.0 Å². The summed E-state index contributed by atoms with van der Waals surface area (Å²) in [6.45, 7) is 1.48. The van der Waals surface area contributed by atoms with Crippen LogP contribution in [0.5, 0.6) is 5.75 Å². The second kappa shape index (κ2) is 6.40. The highest BCUT2D eigenvalue weighted by Crippen LogP contribution is 2.46. The maximum atomic E-state index is 12.5. The molecule has 3 nitrogen and oxygen atoms in total. The van der Waals surface area contributed by atoms with Gasteiger partial charge in [-0.3, -0.25) is 4.57 Å². The maximum Gasteiger partial charge on any atom is 0.338 e. The molecule has 0 heterocycles. The lowest BCUT2D eigenvalue weighted by molar-refractivity contribution is 0.493. The Morgan fingerprint density at radius 1 is 1.20 bits per heavy atom. The molecule has 2 aromatic carbocycles. The van der Waals surface area contributed by atoms with Crippen LogP contribution in [0.1, 0.15) is 0 Å². The fourth-order valence-electron chi connectivity index (χ4n) is 1.56. The predicted octanol–water partition coefficient (Wildman–Crippen LogP) is 6.07. The Morgan fingerprint density at radius 2 is 1.90 bits per heavy atom. The van der Waals surface area contributed by atoms with Gasteiger partial charge in [0.1, 0.15) is 10.8 Å². The lowest BCUT2D eigenvalue weighted by atomic mass is 10.3. The van der Waals surface area contributed by atoms with Crippen LogP contribution in [0.4, 0.5) is 5.69 Å². The van der Waals surface area contributed by atoms with Crippen molar-refractivity contribution in [1.82, 2.24) is 0 Å². The molecule has 106 valence electrons. The highest BCUT2D eigenvalue weighted by Gasteiger charge is 2.19. The van der Waals surface area contributed by atoms with E-state index in [1.165, 1.54) is 6.66 Å². The van der Waals surface area contributed by atoms with Gasteiger partial charge in [-0.2, -0.15) is 0 Å². The molecule has 7 heteroatoms. The van der Waals surface area contributed by atoms with Gasteiger partial charge in [-0.1, -0.05) is 51.3 Å². The molecule has 20 heavy (non-hydrogen) atoms. The van der Waals surface area contributed by atoms with E-state index >= 15 is 0 Å². The van der Waals surface area contributed by atoms with E-state index < -0.39 is 7.52 Å².